The van der Waals surface area contributed by atoms with E-state index in [-0.39, 0.29) is 68.9 Å². The number of hydrogen-bond acceptors (Lipinski definition) is 3. The first-order chi connectivity index (χ1) is 4.20. The second kappa shape index (κ2) is 5.15. The van der Waals surface area contributed by atoms with Gasteiger partial charge in [0.15, 0.2) is 0 Å². The van der Waals surface area contributed by atoms with Gasteiger partial charge in [0.05, 0.1) is 6.10 Å². The molecule has 0 bridgehead atoms. The minimum atomic E-state index is -0.883. The standard InChI is InChI=1S/C5H9NO3.Cs.H/c7-3-1-4(5(8)9)6-2-3;;/h3-4,6-7H,1-2H2,(H,8,9);;. The molecule has 1 fully saturated rings. The number of aliphatic hydroxyl groups excluding tert-OH is 1. The maximum atomic E-state index is 10.2. The Morgan fingerprint density at radius 2 is 2.20 bits per heavy atom. The second-order valence-corrected chi connectivity index (χ2v) is 2.19. The van der Waals surface area contributed by atoms with Crippen molar-refractivity contribution in [1.29, 1.82) is 0 Å². The number of aliphatic carboxylic acids is 1. The van der Waals surface area contributed by atoms with Crippen molar-refractivity contribution >= 4 is 74.9 Å². The second-order valence-electron chi connectivity index (χ2n) is 2.19. The van der Waals surface area contributed by atoms with E-state index in [1.165, 1.54) is 0 Å². The van der Waals surface area contributed by atoms with Crippen LogP contribution in [-0.4, -0.2) is 104 Å². The van der Waals surface area contributed by atoms with E-state index in [0.29, 0.717) is 13.0 Å². The van der Waals surface area contributed by atoms with Gasteiger partial charge in [-0.05, 0) is 0 Å². The van der Waals surface area contributed by atoms with E-state index >= 15 is 0 Å². The van der Waals surface area contributed by atoms with E-state index in [2.05, 4.69) is 5.32 Å². The van der Waals surface area contributed by atoms with Crippen molar-refractivity contribution in [2.75, 3.05) is 6.54 Å². The van der Waals surface area contributed by atoms with Gasteiger partial charge in [-0.25, -0.2) is 0 Å². The molecule has 1 aliphatic heterocycles. The summed E-state index contributed by atoms with van der Waals surface area (Å²) >= 11 is 0. The summed E-state index contributed by atoms with van der Waals surface area (Å²) in [5.41, 5.74) is 0. The molecule has 0 saturated carbocycles. The van der Waals surface area contributed by atoms with Crippen LogP contribution in [0.25, 0.3) is 0 Å². The van der Waals surface area contributed by atoms with Crippen LogP contribution >= 0.6 is 0 Å². The minimum absolute atomic E-state index is 0. The predicted molar refractivity (Wildman–Crippen MR) is 37.2 cm³/mol. The third-order valence-corrected chi connectivity index (χ3v) is 1.41. The molecule has 4 nitrogen and oxygen atoms in total. The van der Waals surface area contributed by atoms with Gasteiger partial charge in [-0.3, -0.25) is 4.79 Å². The third-order valence-electron chi connectivity index (χ3n) is 1.41. The maximum absolute atomic E-state index is 10.2. The molecule has 1 saturated heterocycles. The van der Waals surface area contributed by atoms with Crippen molar-refractivity contribution in [3.8, 4) is 0 Å². The molecule has 0 spiro atoms. The first kappa shape index (κ1) is 11.4. The van der Waals surface area contributed by atoms with Gasteiger partial charge >= 0.3 is 74.9 Å². The van der Waals surface area contributed by atoms with Crippen LogP contribution < -0.4 is 5.32 Å². The average molecular weight is 265 g/mol. The molecule has 1 rings (SSSR count). The summed E-state index contributed by atoms with van der Waals surface area (Å²) < 4.78 is 0. The van der Waals surface area contributed by atoms with Gasteiger partial charge in [-0.2, -0.15) is 0 Å². The molecule has 1 heterocycles. The first-order valence-electron chi connectivity index (χ1n) is 2.84. The third kappa shape index (κ3) is 3.23. The van der Waals surface area contributed by atoms with Crippen molar-refractivity contribution in [1.82, 2.24) is 5.32 Å². The fourth-order valence-electron chi connectivity index (χ4n) is 0.905. The van der Waals surface area contributed by atoms with Crippen LogP contribution in [0.15, 0.2) is 0 Å². The Bertz CT molecular complexity index is 130. The van der Waals surface area contributed by atoms with Crippen LogP contribution in [-0.2, 0) is 4.79 Å². The van der Waals surface area contributed by atoms with E-state index in [9.17, 15) is 4.79 Å². The van der Waals surface area contributed by atoms with Crippen molar-refractivity contribution in [3.05, 3.63) is 0 Å². The molecular formula is C5H10CsNO3. The summed E-state index contributed by atoms with van der Waals surface area (Å²) in [7, 11) is 0. The predicted octanol–water partition coefficient (Wildman–Crippen LogP) is -1.85. The van der Waals surface area contributed by atoms with Crippen LogP contribution in [0, 0.1) is 0 Å². The van der Waals surface area contributed by atoms with Gasteiger partial charge in [-0.1, -0.05) is 0 Å². The van der Waals surface area contributed by atoms with Gasteiger partial charge in [-0.15, -0.1) is 0 Å². The summed E-state index contributed by atoms with van der Waals surface area (Å²) in [6.45, 7) is 0.400. The van der Waals surface area contributed by atoms with Gasteiger partial charge < -0.3 is 15.5 Å². The fourth-order valence-corrected chi connectivity index (χ4v) is 0.905. The first-order valence-corrected chi connectivity index (χ1v) is 2.84. The zero-order valence-corrected chi connectivity index (χ0v) is 4.87. The number of nitrogens with one attached hydrogen (secondary N) is 1. The molecule has 10 heavy (non-hydrogen) atoms. The Kier molecular flexibility index (Phi) is 5.89. The summed E-state index contributed by atoms with van der Waals surface area (Å²) in [4.78, 5) is 10.2. The molecule has 5 heteroatoms. The quantitative estimate of drug-likeness (QED) is 0.520. The van der Waals surface area contributed by atoms with E-state index in [4.69, 9.17) is 10.2 Å². The fraction of sp³-hybridized carbons (Fsp3) is 0.800. The molecule has 2 unspecified atom stereocenters. The summed E-state index contributed by atoms with van der Waals surface area (Å²) in [5, 5.41) is 19.8. The Morgan fingerprint density at radius 1 is 1.60 bits per heavy atom. The van der Waals surface area contributed by atoms with Crippen molar-refractivity contribution in [2.45, 2.75) is 18.6 Å². The number of carbonyl (C=O) groups is 1. The molecule has 0 aromatic carbocycles. The summed E-state index contributed by atoms with van der Waals surface area (Å²) in [5.74, 6) is -0.883. The van der Waals surface area contributed by atoms with Crippen molar-refractivity contribution in [3.63, 3.8) is 0 Å². The molecule has 0 aliphatic carbocycles. The van der Waals surface area contributed by atoms with E-state index < -0.39 is 18.1 Å². The van der Waals surface area contributed by atoms with E-state index in [1.54, 1.807) is 0 Å². The molecule has 0 radical (unpaired) electrons. The summed E-state index contributed by atoms with van der Waals surface area (Å²) in [6, 6.07) is -0.542. The number of hydrogen-bond donors (Lipinski definition) is 3. The SMILES string of the molecule is O=C(O)C1CC(O)CN1.[CsH]. The topological polar surface area (TPSA) is 69.6 Å². The number of carboxylic acid groups (broad SMARTS) is 1. The Balaban J connectivity index is 0.000000810. The van der Waals surface area contributed by atoms with Gasteiger partial charge in [0.2, 0.25) is 0 Å². The van der Waals surface area contributed by atoms with Crippen LogP contribution in [0.3, 0.4) is 0 Å². The number of aliphatic hydroxyl groups is 1. The van der Waals surface area contributed by atoms with Gasteiger partial charge in [0.1, 0.15) is 6.04 Å². The molecule has 0 aromatic heterocycles. The van der Waals surface area contributed by atoms with Crippen LogP contribution in [0.4, 0.5) is 0 Å². The average Bonchev–Trinajstić information content (AvgIpc) is 2.14. The molecule has 3 N–H and O–H groups in total. The summed E-state index contributed by atoms with van der Waals surface area (Å²) in [6.07, 6.45) is -0.152. The molecule has 54 valence electrons. The molecule has 2 atom stereocenters. The van der Waals surface area contributed by atoms with Gasteiger partial charge in [0.25, 0.3) is 0 Å². The van der Waals surface area contributed by atoms with Crippen LogP contribution in [0.5, 0.6) is 0 Å². The zero-order valence-electron chi connectivity index (χ0n) is 4.87. The Hall–Kier alpha value is 1.44. The number of carboxylic acids is 1. The van der Waals surface area contributed by atoms with Crippen LogP contribution in [0.1, 0.15) is 6.42 Å². The monoisotopic (exact) mass is 265 g/mol. The van der Waals surface area contributed by atoms with Crippen LogP contribution in [0.2, 0.25) is 0 Å². The molecule has 1 aliphatic rings. The zero-order chi connectivity index (χ0) is 6.85. The molecule has 0 aromatic rings. The van der Waals surface area contributed by atoms with E-state index in [1.807, 2.05) is 0 Å². The van der Waals surface area contributed by atoms with Crippen molar-refractivity contribution < 1.29 is 15.0 Å². The number of rotatable bonds is 1. The Morgan fingerprint density at radius 3 is 2.40 bits per heavy atom. The molecular weight excluding hydrogens is 255 g/mol. The van der Waals surface area contributed by atoms with E-state index in [0.717, 1.165) is 0 Å². The number of β-amino-alcohol motifs (C(OH)–C–C–N with tert-alkyl or cyclic N) is 1. The molecule has 0 amide bonds. The Labute approximate surface area is 118 Å². The van der Waals surface area contributed by atoms with Gasteiger partial charge in [0, 0.05) is 13.0 Å². The van der Waals surface area contributed by atoms with Crippen molar-refractivity contribution in [2.24, 2.45) is 0 Å². The normalized spacial score (nSPS) is 31.3.